The molecule has 0 atom stereocenters. The Bertz CT molecular complexity index is 1170. The molecule has 4 rings (SSSR count). The summed E-state index contributed by atoms with van der Waals surface area (Å²) in [6, 6.07) is 10.7. The first-order valence-electron chi connectivity index (χ1n) is 8.70. The second kappa shape index (κ2) is 6.89. The second-order valence-corrected chi connectivity index (χ2v) is 6.91. The number of aromatic nitrogens is 3. The maximum Gasteiger partial charge on any atom is 0.200 e. The van der Waals surface area contributed by atoms with Crippen LogP contribution in [0, 0.1) is 4.77 Å². The van der Waals surface area contributed by atoms with Crippen molar-refractivity contribution in [3.63, 3.8) is 0 Å². The van der Waals surface area contributed by atoms with Crippen LogP contribution < -0.4 is 0 Å². The van der Waals surface area contributed by atoms with Crippen molar-refractivity contribution in [3.8, 4) is 5.69 Å². The zero-order valence-electron chi connectivity index (χ0n) is 14.8. The van der Waals surface area contributed by atoms with Gasteiger partial charge in [0.1, 0.15) is 5.76 Å². The van der Waals surface area contributed by atoms with Gasteiger partial charge in [0.15, 0.2) is 10.6 Å². The average molecular weight is 377 g/mol. The third kappa shape index (κ3) is 2.98. The number of H-pyrrole nitrogens is 1. The van der Waals surface area contributed by atoms with E-state index in [1.165, 1.54) is 28.7 Å². The number of rotatable bonds is 4. The van der Waals surface area contributed by atoms with E-state index in [0.717, 1.165) is 35.8 Å². The molecule has 0 aliphatic heterocycles. The molecule has 0 fully saturated rings. The summed E-state index contributed by atoms with van der Waals surface area (Å²) < 4.78 is 2.44. The lowest BCUT2D eigenvalue weighted by Gasteiger charge is -2.12. The molecule has 0 saturated carbocycles. The standard InChI is InChI=1S/C21H19N3O2S/c1-13(5-9-16(26)11-12-25)20-22-23-21(27)24(20)18-10-8-15-7-6-14-3-2-4-17(18)19(14)15/h2-5,8-12,25-26H,6-7H2,1H3,(H,23,27)/b12-11+,13-5+,16-9+. The maximum absolute atomic E-state index is 9.66. The van der Waals surface area contributed by atoms with Crippen LogP contribution in [-0.4, -0.2) is 25.0 Å². The molecule has 1 aromatic heterocycles. The SMILES string of the molecule is C\C(=C/C=C(O)\C=C\O)c1n[nH]c(=S)n1-c1ccc2c3c(cccc13)CC2. The second-order valence-electron chi connectivity index (χ2n) is 6.53. The third-order valence-electron chi connectivity index (χ3n) is 4.87. The topological polar surface area (TPSA) is 74.1 Å². The Balaban J connectivity index is 1.90. The fourth-order valence-electron chi connectivity index (χ4n) is 3.63. The number of hydrogen-bond donors (Lipinski definition) is 3. The van der Waals surface area contributed by atoms with Crippen molar-refractivity contribution in [1.29, 1.82) is 0 Å². The molecule has 1 aliphatic carbocycles. The summed E-state index contributed by atoms with van der Waals surface area (Å²) >= 11 is 5.50. The average Bonchev–Trinajstić information content (AvgIpc) is 3.26. The van der Waals surface area contributed by atoms with Gasteiger partial charge < -0.3 is 10.2 Å². The highest BCUT2D eigenvalue weighted by Gasteiger charge is 2.18. The Kier molecular flexibility index (Phi) is 4.41. The van der Waals surface area contributed by atoms with Gasteiger partial charge in [-0.25, -0.2) is 0 Å². The van der Waals surface area contributed by atoms with E-state index < -0.39 is 0 Å². The zero-order chi connectivity index (χ0) is 19.0. The third-order valence-corrected chi connectivity index (χ3v) is 5.14. The van der Waals surface area contributed by atoms with Gasteiger partial charge in [0.2, 0.25) is 0 Å². The Morgan fingerprint density at radius 3 is 2.74 bits per heavy atom. The summed E-state index contributed by atoms with van der Waals surface area (Å²) in [5.41, 5.74) is 4.56. The van der Waals surface area contributed by atoms with E-state index in [4.69, 9.17) is 17.3 Å². The summed E-state index contributed by atoms with van der Waals surface area (Å²) in [7, 11) is 0. The summed E-state index contributed by atoms with van der Waals surface area (Å²) in [4.78, 5) is 0. The Hall–Kier alpha value is -3.12. The van der Waals surface area contributed by atoms with Crippen molar-refractivity contribution in [2.45, 2.75) is 19.8 Å². The largest absolute Gasteiger partial charge is 0.515 e. The highest BCUT2D eigenvalue weighted by Crippen LogP contribution is 2.35. The molecule has 5 nitrogen and oxygen atoms in total. The highest BCUT2D eigenvalue weighted by molar-refractivity contribution is 7.71. The van der Waals surface area contributed by atoms with Crippen molar-refractivity contribution in [2.24, 2.45) is 0 Å². The van der Waals surface area contributed by atoms with Crippen LogP contribution in [0.1, 0.15) is 23.9 Å². The van der Waals surface area contributed by atoms with Crippen molar-refractivity contribution < 1.29 is 10.2 Å². The van der Waals surface area contributed by atoms with Crippen LogP contribution in [0.25, 0.3) is 22.0 Å². The van der Waals surface area contributed by atoms with Gasteiger partial charge in [-0.2, -0.15) is 5.10 Å². The van der Waals surface area contributed by atoms with Crippen LogP contribution in [0.3, 0.4) is 0 Å². The van der Waals surface area contributed by atoms with E-state index in [9.17, 15) is 5.11 Å². The summed E-state index contributed by atoms with van der Waals surface area (Å²) in [6.07, 6.45) is 7.36. The van der Waals surface area contributed by atoms with Crippen LogP contribution in [0.2, 0.25) is 0 Å². The van der Waals surface area contributed by atoms with E-state index in [2.05, 4.69) is 40.5 Å². The zero-order valence-corrected chi connectivity index (χ0v) is 15.6. The number of benzene rings is 2. The van der Waals surface area contributed by atoms with Gasteiger partial charge >= 0.3 is 0 Å². The van der Waals surface area contributed by atoms with Gasteiger partial charge in [-0.1, -0.05) is 30.3 Å². The molecule has 1 heterocycles. The van der Waals surface area contributed by atoms with Gasteiger partial charge in [0.05, 0.1) is 11.9 Å². The summed E-state index contributed by atoms with van der Waals surface area (Å²) in [6.45, 7) is 1.90. The smallest absolute Gasteiger partial charge is 0.200 e. The number of nitrogens with one attached hydrogen (secondary N) is 1. The molecule has 0 radical (unpaired) electrons. The van der Waals surface area contributed by atoms with Crippen LogP contribution in [0.5, 0.6) is 0 Å². The number of aryl methyl sites for hydroxylation is 2. The minimum atomic E-state index is -0.0529. The minimum absolute atomic E-state index is 0.0529. The quantitative estimate of drug-likeness (QED) is 0.336. The molecule has 0 spiro atoms. The molecule has 2 aromatic carbocycles. The van der Waals surface area contributed by atoms with E-state index in [0.29, 0.717) is 10.6 Å². The monoisotopic (exact) mass is 377 g/mol. The number of hydrogen-bond acceptors (Lipinski definition) is 4. The van der Waals surface area contributed by atoms with Gasteiger partial charge in [-0.15, -0.1) is 0 Å². The normalized spacial score (nSPS) is 14.6. The molecule has 6 heteroatoms. The number of allylic oxidation sites excluding steroid dienone is 4. The summed E-state index contributed by atoms with van der Waals surface area (Å²) in [5.74, 6) is 0.624. The van der Waals surface area contributed by atoms with Crippen molar-refractivity contribution >= 4 is 28.6 Å². The van der Waals surface area contributed by atoms with E-state index in [1.54, 1.807) is 6.08 Å². The molecule has 3 N–H and O–H groups in total. The molecule has 3 aromatic rings. The maximum atomic E-state index is 9.66. The van der Waals surface area contributed by atoms with Gasteiger partial charge in [-0.05, 0) is 66.2 Å². The highest BCUT2D eigenvalue weighted by atomic mass is 32.1. The lowest BCUT2D eigenvalue weighted by molar-refractivity contribution is 0.420. The number of aromatic amines is 1. The van der Waals surface area contributed by atoms with E-state index >= 15 is 0 Å². The first-order chi connectivity index (χ1) is 13.1. The van der Waals surface area contributed by atoms with Crippen molar-refractivity contribution in [2.75, 3.05) is 0 Å². The molecule has 0 amide bonds. The van der Waals surface area contributed by atoms with Gasteiger partial charge in [0.25, 0.3) is 0 Å². The number of aliphatic hydroxyl groups is 2. The predicted octanol–water partition coefficient (Wildman–Crippen LogP) is 5.10. The Morgan fingerprint density at radius 2 is 1.96 bits per heavy atom. The van der Waals surface area contributed by atoms with Gasteiger partial charge in [-0.3, -0.25) is 9.67 Å². The molecule has 0 saturated heterocycles. The van der Waals surface area contributed by atoms with Crippen LogP contribution >= 0.6 is 12.2 Å². The first kappa shape index (κ1) is 17.3. The molecule has 136 valence electrons. The molecular formula is C21H19N3O2S. The fourth-order valence-corrected chi connectivity index (χ4v) is 3.86. The van der Waals surface area contributed by atoms with Crippen molar-refractivity contribution in [3.05, 3.63) is 82.3 Å². The fraction of sp³-hybridized carbons (Fsp3) is 0.143. The summed E-state index contributed by atoms with van der Waals surface area (Å²) in [5, 5.41) is 28.1. The van der Waals surface area contributed by atoms with Crippen LogP contribution in [0.4, 0.5) is 0 Å². The van der Waals surface area contributed by atoms with Crippen molar-refractivity contribution in [1.82, 2.24) is 14.8 Å². The van der Waals surface area contributed by atoms with Gasteiger partial charge in [0, 0.05) is 11.5 Å². The Labute approximate surface area is 161 Å². The number of aliphatic hydroxyl groups excluding tert-OH is 2. The lowest BCUT2D eigenvalue weighted by Crippen LogP contribution is -2.01. The molecule has 0 unspecified atom stereocenters. The molecule has 0 bridgehead atoms. The molecular weight excluding hydrogens is 358 g/mol. The predicted molar refractivity (Wildman–Crippen MR) is 110 cm³/mol. The minimum Gasteiger partial charge on any atom is -0.515 e. The lowest BCUT2D eigenvalue weighted by atomic mass is 10.0. The van der Waals surface area contributed by atoms with E-state index in [1.807, 2.05) is 11.5 Å². The Morgan fingerprint density at radius 1 is 1.19 bits per heavy atom. The van der Waals surface area contributed by atoms with Crippen LogP contribution in [0.15, 0.2) is 60.6 Å². The van der Waals surface area contributed by atoms with E-state index in [-0.39, 0.29) is 5.76 Å². The molecule has 1 aliphatic rings. The molecule has 27 heavy (non-hydrogen) atoms. The number of nitrogens with zero attached hydrogens (tertiary/aromatic N) is 2. The first-order valence-corrected chi connectivity index (χ1v) is 9.11. The van der Waals surface area contributed by atoms with Crippen LogP contribution in [-0.2, 0) is 12.8 Å².